The van der Waals surface area contributed by atoms with Crippen LogP contribution in [0.5, 0.6) is 0 Å². The summed E-state index contributed by atoms with van der Waals surface area (Å²) < 4.78 is 0. The van der Waals surface area contributed by atoms with E-state index in [-0.39, 0.29) is 12.5 Å². The Balaban J connectivity index is 2.77. The van der Waals surface area contributed by atoms with Crippen LogP contribution in [-0.2, 0) is 4.79 Å². The van der Waals surface area contributed by atoms with E-state index in [2.05, 4.69) is 20.1 Å². The van der Waals surface area contributed by atoms with Crippen molar-refractivity contribution in [3.05, 3.63) is 10.4 Å². The minimum absolute atomic E-state index is 0.204. The first kappa shape index (κ1) is 11.2. The number of azide groups is 1. The van der Waals surface area contributed by atoms with Gasteiger partial charge in [-0.15, -0.1) is 0 Å². The minimum atomic E-state index is -1.13. The van der Waals surface area contributed by atoms with Gasteiger partial charge in [0, 0.05) is 10.9 Å². The maximum atomic E-state index is 10.6. The van der Waals surface area contributed by atoms with Gasteiger partial charge in [0.1, 0.15) is 16.7 Å². The molecule has 0 spiro atoms. The molecular weight excluding hydrogens is 200 g/mol. The van der Waals surface area contributed by atoms with Gasteiger partial charge >= 0.3 is 0 Å². The Morgan fingerprint density at radius 1 is 1.40 bits per heavy atom. The van der Waals surface area contributed by atoms with Crippen molar-refractivity contribution in [1.29, 1.82) is 5.53 Å². The Morgan fingerprint density at radius 3 is 2.67 bits per heavy atom. The van der Waals surface area contributed by atoms with E-state index < -0.39 is 17.9 Å². The molecule has 1 aliphatic rings. The van der Waals surface area contributed by atoms with Gasteiger partial charge in [0.15, 0.2) is 0 Å². The van der Waals surface area contributed by atoms with Crippen molar-refractivity contribution in [2.75, 3.05) is 0 Å². The predicted molar refractivity (Wildman–Crippen MR) is 46.4 cm³/mol. The number of carboxylic acids is 1. The molecule has 1 saturated carbocycles. The summed E-state index contributed by atoms with van der Waals surface area (Å²) in [5, 5.41) is 17.7. The van der Waals surface area contributed by atoms with Crippen molar-refractivity contribution in [2.45, 2.75) is 31.3 Å². The molecular formula is C7H10N6O2. The van der Waals surface area contributed by atoms with Crippen molar-refractivity contribution in [2.24, 2.45) is 16.1 Å². The van der Waals surface area contributed by atoms with Crippen molar-refractivity contribution < 1.29 is 9.90 Å². The van der Waals surface area contributed by atoms with E-state index in [4.69, 9.17) is 11.1 Å². The highest BCUT2D eigenvalue weighted by molar-refractivity contribution is 5.67. The smallest absolute Gasteiger partial charge is 0.214 e. The van der Waals surface area contributed by atoms with Gasteiger partial charge in [-0.2, -0.15) is 0 Å². The van der Waals surface area contributed by atoms with Crippen molar-refractivity contribution in [1.82, 2.24) is 4.91 Å². The maximum absolute atomic E-state index is 10.6. The van der Waals surface area contributed by atoms with E-state index in [9.17, 15) is 9.90 Å². The number of rotatable bonds is 3. The van der Waals surface area contributed by atoms with Gasteiger partial charge < -0.3 is 9.90 Å². The van der Waals surface area contributed by atoms with Crippen LogP contribution in [0.25, 0.3) is 10.4 Å². The molecule has 0 aliphatic heterocycles. The molecule has 0 bridgehead atoms. The molecule has 0 aromatic carbocycles. The fraction of sp³-hybridized carbons (Fsp3) is 0.857. The van der Waals surface area contributed by atoms with Crippen LogP contribution >= 0.6 is 0 Å². The van der Waals surface area contributed by atoms with E-state index in [0.717, 1.165) is 0 Å². The third kappa shape index (κ3) is 2.77. The number of hydrogen-bond acceptors (Lipinski definition) is 5. The Hall–Kier alpha value is -1.91. The lowest BCUT2D eigenvalue weighted by Gasteiger charge is -2.28. The topological polar surface area (TPSA) is 139 Å². The summed E-state index contributed by atoms with van der Waals surface area (Å²) >= 11 is 0. The number of carbonyl (C=O) groups is 1. The van der Waals surface area contributed by atoms with Gasteiger partial charge in [-0.25, -0.2) is 0 Å². The number of aliphatic carboxylic acids is 1. The lowest BCUT2D eigenvalue weighted by Crippen LogP contribution is -2.40. The summed E-state index contributed by atoms with van der Waals surface area (Å²) in [4.78, 5) is 16.2. The van der Waals surface area contributed by atoms with Crippen LogP contribution in [0.2, 0.25) is 0 Å². The number of carboxylic acid groups (broad SMARTS) is 1. The van der Waals surface area contributed by atoms with Gasteiger partial charge in [0.05, 0.1) is 6.04 Å². The number of carbonyl (C=O) groups excluding carboxylic acids is 1. The van der Waals surface area contributed by atoms with E-state index in [1.54, 1.807) is 0 Å². The predicted octanol–water partition coefficient (Wildman–Crippen LogP) is 0.134. The monoisotopic (exact) mass is 210 g/mol. The highest BCUT2D eigenvalue weighted by Crippen LogP contribution is 2.28. The van der Waals surface area contributed by atoms with Gasteiger partial charge in [0.25, 0.3) is 0 Å². The molecule has 1 rings (SSSR count). The molecule has 0 aromatic rings. The number of nitrogens with one attached hydrogen (secondary N) is 1. The zero-order valence-electron chi connectivity index (χ0n) is 7.91. The molecule has 0 amide bonds. The second-order valence-electron chi connectivity index (χ2n) is 3.38. The van der Waals surface area contributed by atoms with Crippen LogP contribution in [0.1, 0.15) is 19.3 Å². The third-order valence-electron chi connectivity index (χ3n) is 2.52. The van der Waals surface area contributed by atoms with Crippen LogP contribution in [0.4, 0.5) is 0 Å². The van der Waals surface area contributed by atoms with Crippen LogP contribution in [0.15, 0.2) is 10.2 Å². The molecule has 0 saturated heterocycles. The molecule has 80 valence electrons. The highest BCUT2D eigenvalue weighted by atomic mass is 16.4. The Morgan fingerprint density at radius 2 is 2.13 bits per heavy atom. The van der Waals surface area contributed by atoms with Gasteiger partial charge in [-0.05, 0) is 30.7 Å². The molecule has 1 fully saturated rings. The van der Waals surface area contributed by atoms with Gasteiger partial charge in [0.2, 0.25) is 4.91 Å². The van der Waals surface area contributed by atoms with Crippen molar-refractivity contribution in [3.63, 3.8) is 0 Å². The van der Waals surface area contributed by atoms with Crippen LogP contribution < -0.4 is 10.0 Å². The van der Waals surface area contributed by atoms with Crippen LogP contribution in [-0.4, -0.2) is 18.1 Å². The van der Waals surface area contributed by atoms with E-state index in [1.165, 1.54) is 0 Å². The SMILES string of the molecule is [N-]=[N+]=N[C@@H]1CC(C(=O)[O-])CC[C@H]1N=[N+]=N. The van der Waals surface area contributed by atoms with Gasteiger partial charge in [-0.1, -0.05) is 5.11 Å². The summed E-state index contributed by atoms with van der Waals surface area (Å²) in [5.41, 5.74) is 14.9. The summed E-state index contributed by atoms with van der Waals surface area (Å²) in [5.74, 6) is -1.73. The van der Waals surface area contributed by atoms with Crippen LogP contribution in [0, 0.1) is 11.4 Å². The summed E-state index contributed by atoms with van der Waals surface area (Å²) in [6, 6.07) is -0.922. The minimum Gasteiger partial charge on any atom is -0.550 e. The third-order valence-corrected chi connectivity index (χ3v) is 2.52. The molecule has 0 aromatic heterocycles. The first-order valence-corrected chi connectivity index (χ1v) is 4.50. The Kier molecular flexibility index (Phi) is 3.79. The maximum Gasteiger partial charge on any atom is 0.214 e. The first-order chi connectivity index (χ1) is 7.19. The average Bonchev–Trinajstić information content (AvgIpc) is 2.21. The molecule has 8 heteroatoms. The molecule has 1 unspecified atom stereocenters. The Labute approximate surface area is 85.1 Å². The van der Waals surface area contributed by atoms with Crippen molar-refractivity contribution >= 4 is 5.97 Å². The molecule has 1 N–H and O–H groups in total. The normalized spacial score (nSPS) is 29.7. The van der Waals surface area contributed by atoms with E-state index >= 15 is 0 Å². The highest BCUT2D eigenvalue weighted by Gasteiger charge is 2.33. The standard InChI is InChI=1S/C7H10N6O2/c8-12-10-5-2-1-4(7(14)15)3-6(5)11-13-9/h4-6,8H,1-3H2/t4?,5-,6-/m1/s1. The van der Waals surface area contributed by atoms with Crippen LogP contribution in [0.3, 0.4) is 0 Å². The lowest BCUT2D eigenvalue weighted by molar-refractivity contribution is -0.312. The quantitative estimate of drug-likeness (QED) is 0.402. The molecule has 15 heavy (non-hydrogen) atoms. The molecule has 3 atom stereocenters. The zero-order valence-corrected chi connectivity index (χ0v) is 7.91. The van der Waals surface area contributed by atoms with E-state index in [1.807, 2.05) is 0 Å². The zero-order chi connectivity index (χ0) is 11.3. The summed E-state index contributed by atoms with van der Waals surface area (Å²) in [7, 11) is 0. The fourth-order valence-electron chi connectivity index (χ4n) is 1.74. The molecule has 0 radical (unpaired) electrons. The number of hydrogen-bond donors (Lipinski definition) is 1. The fourth-order valence-corrected chi connectivity index (χ4v) is 1.74. The van der Waals surface area contributed by atoms with Crippen molar-refractivity contribution in [3.8, 4) is 0 Å². The second kappa shape index (κ2) is 5.09. The van der Waals surface area contributed by atoms with E-state index in [0.29, 0.717) is 12.8 Å². The number of nitrogens with zero attached hydrogens (tertiary/aromatic N) is 5. The molecule has 0 heterocycles. The largest absolute Gasteiger partial charge is 0.550 e. The molecule has 8 nitrogen and oxygen atoms in total. The summed E-state index contributed by atoms with van der Waals surface area (Å²) in [6.07, 6.45) is 1.07. The first-order valence-electron chi connectivity index (χ1n) is 4.50. The lowest BCUT2D eigenvalue weighted by atomic mass is 9.83. The Bertz CT molecular complexity index is 343. The molecule has 1 aliphatic carbocycles. The second-order valence-corrected chi connectivity index (χ2v) is 3.38. The van der Waals surface area contributed by atoms with Gasteiger partial charge in [-0.3, -0.25) is 0 Å². The average molecular weight is 210 g/mol. The summed E-state index contributed by atoms with van der Waals surface area (Å²) in [6.45, 7) is 0.